The van der Waals surface area contributed by atoms with Crippen LogP contribution in [0.3, 0.4) is 0 Å². The SMILES string of the molecule is CCCc1nc(N)c(C)c(Nc2cc(Br)ccc2C)n1. The number of benzene rings is 1. The van der Waals surface area contributed by atoms with Gasteiger partial charge >= 0.3 is 0 Å². The summed E-state index contributed by atoms with van der Waals surface area (Å²) in [6, 6.07) is 6.11. The van der Waals surface area contributed by atoms with E-state index in [4.69, 9.17) is 5.73 Å². The average Bonchev–Trinajstić information content (AvgIpc) is 2.40. The largest absolute Gasteiger partial charge is 0.383 e. The molecule has 0 saturated heterocycles. The molecular weight excluding hydrogens is 316 g/mol. The van der Waals surface area contributed by atoms with Gasteiger partial charge in [-0.15, -0.1) is 0 Å². The van der Waals surface area contributed by atoms with E-state index in [1.54, 1.807) is 0 Å². The molecule has 106 valence electrons. The molecule has 20 heavy (non-hydrogen) atoms. The second-order valence-corrected chi connectivity index (χ2v) is 5.75. The number of hydrogen-bond acceptors (Lipinski definition) is 4. The van der Waals surface area contributed by atoms with Crippen LogP contribution in [-0.4, -0.2) is 9.97 Å². The number of nitrogens with one attached hydrogen (secondary N) is 1. The minimum atomic E-state index is 0.540. The summed E-state index contributed by atoms with van der Waals surface area (Å²) in [6.45, 7) is 6.09. The normalized spacial score (nSPS) is 10.6. The van der Waals surface area contributed by atoms with E-state index in [0.29, 0.717) is 5.82 Å². The molecule has 0 fully saturated rings. The van der Waals surface area contributed by atoms with Crippen LogP contribution in [0.2, 0.25) is 0 Å². The summed E-state index contributed by atoms with van der Waals surface area (Å²) in [7, 11) is 0. The van der Waals surface area contributed by atoms with Gasteiger partial charge in [0.1, 0.15) is 17.5 Å². The van der Waals surface area contributed by atoms with Crippen molar-refractivity contribution < 1.29 is 0 Å². The van der Waals surface area contributed by atoms with Gasteiger partial charge in [-0.05, 0) is 38.0 Å². The summed E-state index contributed by atoms with van der Waals surface area (Å²) in [6.07, 6.45) is 1.83. The maximum absolute atomic E-state index is 5.97. The summed E-state index contributed by atoms with van der Waals surface area (Å²) in [5.41, 5.74) is 9.02. The van der Waals surface area contributed by atoms with E-state index in [-0.39, 0.29) is 0 Å². The van der Waals surface area contributed by atoms with E-state index >= 15 is 0 Å². The Balaban J connectivity index is 2.39. The van der Waals surface area contributed by atoms with Crippen molar-refractivity contribution in [3.63, 3.8) is 0 Å². The van der Waals surface area contributed by atoms with E-state index in [1.165, 1.54) is 0 Å². The lowest BCUT2D eigenvalue weighted by Crippen LogP contribution is -2.07. The maximum atomic E-state index is 5.97. The lowest BCUT2D eigenvalue weighted by molar-refractivity contribution is 0.836. The number of nitrogen functional groups attached to an aromatic ring is 1. The standard InChI is InChI=1S/C15H19BrN4/c1-4-5-13-19-14(17)10(3)15(20-13)18-12-8-11(16)7-6-9(12)2/h6-8H,4-5H2,1-3H3,(H3,17,18,19,20). The zero-order chi connectivity index (χ0) is 14.7. The van der Waals surface area contributed by atoms with Gasteiger partial charge < -0.3 is 11.1 Å². The van der Waals surface area contributed by atoms with Crippen molar-refractivity contribution in [1.29, 1.82) is 0 Å². The van der Waals surface area contributed by atoms with Crippen molar-refractivity contribution in [2.24, 2.45) is 0 Å². The number of rotatable bonds is 4. The van der Waals surface area contributed by atoms with E-state index in [0.717, 1.165) is 45.8 Å². The average molecular weight is 335 g/mol. The predicted octanol–water partition coefficient (Wildman–Crippen LogP) is 4.13. The fourth-order valence-corrected chi connectivity index (χ4v) is 2.26. The van der Waals surface area contributed by atoms with Gasteiger partial charge in [0.05, 0.1) is 0 Å². The van der Waals surface area contributed by atoms with Crippen LogP contribution in [-0.2, 0) is 6.42 Å². The minimum Gasteiger partial charge on any atom is -0.383 e. The van der Waals surface area contributed by atoms with Gasteiger partial charge in [0.15, 0.2) is 0 Å². The molecular formula is C15H19BrN4. The zero-order valence-electron chi connectivity index (χ0n) is 12.0. The Hall–Kier alpha value is -1.62. The summed E-state index contributed by atoms with van der Waals surface area (Å²) in [5.74, 6) is 2.10. The van der Waals surface area contributed by atoms with Crippen LogP contribution in [0.5, 0.6) is 0 Å². The van der Waals surface area contributed by atoms with Crippen molar-refractivity contribution in [2.75, 3.05) is 11.1 Å². The van der Waals surface area contributed by atoms with Crippen molar-refractivity contribution >= 4 is 33.3 Å². The van der Waals surface area contributed by atoms with Crippen LogP contribution in [0.15, 0.2) is 22.7 Å². The second-order valence-electron chi connectivity index (χ2n) is 4.83. The molecule has 4 nitrogen and oxygen atoms in total. The Morgan fingerprint density at radius 1 is 1.25 bits per heavy atom. The number of aryl methyl sites for hydroxylation is 2. The smallest absolute Gasteiger partial charge is 0.139 e. The molecule has 3 N–H and O–H groups in total. The molecule has 1 heterocycles. The minimum absolute atomic E-state index is 0.540. The van der Waals surface area contributed by atoms with Crippen molar-refractivity contribution in [3.05, 3.63) is 39.6 Å². The van der Waals surface area contributed by atoms with Crippen molar-refractivity contribution in [2.45, 2.75) is 33.6 Å². The maximum Gasteiger partial charge on any atom is 0.139 e. The number of halogens is 1. The molecule has 0 radical (unpaired) electrons. The van der Waals surface area contributed by atoms with Crippen molar-refractivity contribution in [1.82, 2.24) is 9.97 Å². The van der Waals surface area contributed by atoms with E-state index < -0.39 is 0 Å². The van der Waals surface area contributed by atoms with Gasteiger partial charge in [0.25, 0.3) is 0 Å². The van der Waals surface area contributed by atoms with E-state index in [1.807, 2.05) is 19.1 Å². The number of hydrogen-bond donors (Lipinski definition) is 2. The Morgan fingerprint density at radius 2 is 2.00 bits per heavy atom. The second kappa shape index (κ2) is 6.22. The molecule has 0 bridgehead atoms. The molecule has 0 aliphatic rings. The Labute approximate surface area is 128 Å². The Morgan fingerprint density at radius 3 is 2.70 bits per heavy atom. The quantitative estimate of drug-likeness (QED) is 0.882. The van der Waals surface area contributed by atoms with Gasteiger partial charge in [-0.3, -0.25) is 0 Å². The number of nitrogens with two attached hydrogens (primary N) is 1. The third-order valence-corrected chi connectivity index (χ3v) is 3.65. The highest BCUT2D eigenvalue weighted by Crippen LogP contribution is 2.26. The molecule has 0 aliphatic heterocycles. The Kier molecular flexibility index (Phi) is 4.60. The van der Waals surface area contributed by atoms with Crippen LogP contribution in [0.25, 0.3) is 0 Å². The van der Waals surface area contributed by atoms with Gasteiger partial charge in [0, 0.05) is 22.1 Å². The summed E-state index contributed by atoms with van der Waals surface area (Å²) >= 11 is 3.48. The molecule has 0 unspecified atom stereocenters. The van der Waals surface area contributed by atoms with Gasteiger partial charge in [-0.1, -0.05) is 28.9 Å². The molecule has 0 atom stereocenters. The fourth-order valence-electron chi connectivity index (χ4n) is 1.90. The topological polar surface area (TPSA) is 63.8 Å². The number of nitrogens with zero attached hydrogens (tertiary/aromatic N) is 2. The van der Waals surface area contributed by atoms with Crippen LogP contribution in [0, 0.1) is 13.8 Å². The summed E-state index contributed by atoms with van der Waals surface area (Å²) in [5, 5.41) is 3.36. The highest BCUT2D eigenvalue weighted by Gasteiger charge is 2.10. The number of aromatic nitrogens is 2. The van der Waals surface area contributed by atoms with E-state index in [9.17, 15) is 0 Å². The molecule has 1 aromatic carbocycles. The van der Waals surface area contributed by atoms with Crippen LogP contribution in [0.4, 0.5) is 17.3 Å². The first-order valence-corrected chi connectivity index (χ1v) is 7.46. The lowest BCUT2D eigenvalue weighted by atomic mass is 10.2. The fraction of sp³-hybridized carbons (Fsp3) is 0.333. The van der Waals surface area contributed by atoms with E-state index in [2.05, 4.69) is 51.1 Å². The predicted molar refractivity (Wildman–Crippen MR) is 87.3 cm³/mol. The Bertz CT molecular complexity index is 626. The summed E-state index contributed by atoms with van der Waals surface area (Å²) in [4.78, 5) is 8.89. The number of anilines is 3. The molecule has 0 amide bonds. The first-order chi connectivity index (χ1) is 9.51. The first kappa shape index (κ1) is 14.8. The highest BCUT2D eigenvalue weighted by molar-refractivity contribution is 9.10. The molecule has 1 aromatic heterocycles. The van der Waals surface area contributed by atoms with Crippen LogP contribution < -0.4 is 11.1 Å². The molecule has 0 spiro atoms. The first-order valence-electron chi connectivity index (χ1n) is 6.67. The zero-order valence-corrected chi connectivity index (χ0v) is 13.6. The molecule has 0 saturated carbocycles. The van der Waals surface area contributed by atoms with Crippen molar-refractivity contribution in [3.8, 4) is 0 Å². The molecule has 2 rings (SSSR count). The molecule has 0 aliphatic carbocycles. The third-order valence-electron chi connectivity index (χ3n) is 3.16. The molecule has 2 aromatic rings. The highest BCUT2D eigenvalue weighted by atomic mass is 79.9. The monoisotopic (exact) mass is 334 g/mol. The van der Waals surface area contributed by atoms with Crippen LogP contribution in [0.1, 0.15) is 30.3 Å². The van der Waals surface area contributed by atoms with Crippen LogP contribution >= 0.6 is 15.9 Å². The lowest BCUT2D eigenvalue weighted by Gasteiger charge is -2.14. The van der Waals surface area contributed by atoms with Gasteiger partial charge in [0.2, 0.25) is 0 Å². The van der Waals surface area contributed by atoms with Gasteiger partial charge in [-0.25, -0.2) is 9.97 Å². The summed E-state index contributed by atoms with van der Waals surface area (Å²) < 4.78 is 1.03. The third kappa shape index (κ3) is 3.28. The molecule has 5 heteroatoms. The van der Waals surface area contributed by atoms with Gasteiger partial charge in [-0.2, -0.15) is 0 Å².